The van der Waals surface area contributed by atoms with Crippen LogP contribution in [0, 0.1) is 5.92 Å². The predicted molar refractivity (Wildman–Crippen MR) is 78.5 cm³/mol. The van der Waals surface area contributed by atoms with Crippen LogP contribution in [0.25, 0.3) is 0 Å². The van der Waals surface area contributed by atoms with E-state index in [1.165, 1.54) is 11.1 Å². The van der Waals surface area contributed by atoms with Gasteiger partial charge in [0.1, 0.15) is 0 Å². The third-order valence-corrected chi connectivity index (χ3v) is 4.61. The van der Waals surface area contributed by atoms with Gasteiger partial charge in [0.05, 0.1) is 0 Å². The van der Waals surface area contributed by atoms with Gasteiger partial charge in [-0.1, -0.05) is 54.6 Å². The summed E-state index contributed by atoms with van der Waals surface area (Å²) in [5.41, 5.74) is 3.50. The topological polar surface area (TPSA) is 20.3 Å². The standard InChI is InChI=1S/C18H17NO/c20-18-15-9-5-4-8-14(15)17-16(18)10-11-19(17)12-13-6-2-1-3-7-13/h1-9,16-17H,10-12H2/t16-,17-/m1/s1. The highest BCUT2D eigenvalue weighted by Gasteiger charge is 2.46. The first kappa shape index (κ1) is 11.9. The van der Waals surface area contributed by atoms with E-state index in [0.717, 1.165) is 25.1 Å². The maximum atomic E-state index is 12.4. The number of hydrogen-bond acceptors (Lipinski definition) is 2. The normalized spacial score (nSPS) is 24.7. The highest BCUT2D eigenvalue weighted by atomic mass is 16.1. The molecule has 2 atom stereocenters. The van der Waals surface area contributed by atoms with Crippen molar-refractivity contribution in [2.75, 3.05) is 6.54 Å². The molecule has 100 valence electrons. The Morgan fingerprint density at radius 3 is 2.60 bits per heavy atom. The fraction of sp³-hybridized carbons (Fsp3) is 0.278. The van der Waals surface area contributed by atoms with Crippen molar-refractivity contribution in [1.82, 2.24) is 4.90 Å². The molecule has 2 aromatic rings. The monoisotopic (exact) mass is 263 g/mol. The summed E-state index contributed by atoms with van der Waals surface area (Å²) in [5.74, 6) is 0.525. The quantitative estimate of drug-likeness (QED) is 0.827. The molecule has 0 spiro atoms. The third-order valence-electron chi connectivity index (χ3n) is 4.61. The number of fused-ring (bicyclic) bond motifs is 3. The molecule has 1 aliphatic heterocycles. The van der Waals surface area contributed by atoms with Crippen molar-refractivity contribution in [3.8, 4) is 0 Å². The summed E-state index contributed by atoms with van der Waals surface area (Å²) in [6.07, 6.45) is 0.991. The molecule has 2 heteroatoms. The molecule has 0 N–H and O–H groups in total. The lowest BCUT2D eigenvalue weighted by Crippen LogP contribution is -2.23. The van der Waals surface area contributed by atoms with Crippen LogP contribution in [0.1, 0.15) is 33.9 Å². The van der Waals surface area contributed by atoms with Crippen LogP contribution in [0.5, 0.6) is 0 Å². The van der Waals surface area contributed by atoms with E-state index in [1.54, 1.807) is 0 Å². The Kier molecular flexibility index (Phi) is 2.71. The fourth-order valence-corrected chi connectivity index (χ4v) is 3.72. The van der Waals surface area contributed by atoms with Gasteiger partial charge in [0.25, 0.3) is 0 Å². The molecule has 0 radical (unpaired) electrons. The van der Waals surface area contributed by atoms with Crippen molar-refractivity contribution in [3.63, 3.8) is 0 Å². The molecule has 1 saturated heterocycles. The fourth-order valence-electron chi connectivity index (χ4n) is 3.72. The van der Waals surface area contributed by atoms with Crippen molar-refractivity contribution in [2.45, 2.75) is 19.0 Å². The summed E-state index contributed by atoms with van der Waals surface area (Å²) in [7, 11) is 0. The summed E-state index contributed by atoms with van der Waals surface area (Å²) in [4.78, 5) is 14.9. The summed E-state index contributed by atoms with van der Waals surface area (Å²) >= 11 is 0. The van der Waals surface area contributed by atoms with E-state index >= 15 is 0 Å². The lowest BCUT2D eigenvalue weighted by atomic mass is 10.0. The van der Waals surface area contributed by atoms with Crippen LogP contribution in [-0.2, 0) is 6.54 Å². The van der Waals surface area contributed by atoms with Crippen molar-refractivity contribution in [2.24, 2.45) is 5.92 Å². The summed E-state index contributed by atoms with van der Waals surface area (Å²) in [6, 6.07) is 19.0. The molecular weight excluding hydrogens is 246 g/mol. The molecule has 2 aliphatic rings. The number of rotatable bonds is 2. The summed E-state index contributed by atoms with van der Waals surface area (Å²) in [5, 5.41) is 0. The highest BCUT2D eigenvalue weighted by molar-refractivity contribution is 6.03. The minimum atomic E-state index is 0.177. The second kappa shape index (κ2) is 4.57. The van der Waals surface area contributed by atoms with Gasteiger partial charge in [0.15, 0.2) is 5.78 Å². The average Bonchev–Trinajstić information content (AvgIpc) is 3.02. The molecule has 0 aromatic heterocycles. The van der Waals surface area contributed by atoms with Gasteiger partial charge in [-0.25, -0.2) is 0 Å². The molecular formula is C18H17NO. The Labute approximate surface area is 119 Å². The Morgan fingerprint density at radius 1 is 1.00 bits per heavy atom. The zero-order chi connectivity index (χ0) is 13.5. The Hall–Kier alpha value is -1.93. The molecule has 1 aliphatic carbocycles. The number of ketones is 1. The number of likely N-dealkylation sites (tertiary alicyclic amines) is 1. The van der Waals surface area contributed by atoms with Crippen LogP contribution in [0.15, 0.2) is 54.6 Å². The molecule has 0 unspecified atom stereocenters. The van der Waals surface area contributed by atoms with E-state index in [9.17, 15) is 4.79 Å². The van der Waals surface area contributed by atoms with Gasteiger partial charge in [0.2, 0.25) is 0 Å². The number of hydrogen-bond donors (Lipinski definition) is 0. The van der Waals surface area contributed by atoms with Gasteiger partial charge in [-0.3, -0.25) is 9.69 Å². The second-order valence-electron chi connectivity index (χ2n) is 5.75. The minimum Gasteiger partial charge on any atom is -0.294 e. The summed E-state index contributed by atoms with van der Waals surface area (Å²) < 4.78 is 0. The highest BCUT2D eigenvalue weighted by Crippen LogP contribution is 2.46. The van der Waals surface area contributed by atoms with Gasteiger partial charge in [-0.2, -0.15) is 0 Å². The first-order chi connectivity index (χ1) is 9.84. The lowest BCUT2D eigenvalue weighted by Gasteiger charge is -2.24. The van der Waals surface area contributed by atoms with Crippen molar-refractivity contribution < 1.29 is 4.79 Å². The smallest absolute Gasteiger partial charge is 0.168 e. The lowest BCUT2D eigenvalue weighted by molar-refractivity contribution is 0.0913. The number of carbonyl (C=O) groups excluding carboxylic acids is 1. The van der Waals surface area contributed by atoms with Crippen molar-refractivity contribution in [3.05, 3.63) is 71.3 Å². The average molecular weight is 263 g/mol. The predicted octanol–water partition coefficient (Wildman–Crippen LogP) is 3.45. The van der Waals surface area contributed by atoms with Crippen molar-refractivity contribution in [1.29, 1.82) is 0 Å². The van der Waals surface area contributed by atoms with E-state index < -0.39 is 0 Å². The van der Waals surface area contributed by atoms with Crippen LogP contribution >= 0.6 is 0 Å². The van der Waals surface area contributed by atoms with E-state index in [0.29, 0.717) is 11.8 Å². The molecule has 1 fully saturated rings. The van der Waals surface area contributed by atoms with E-state index in [1.807, 2.05) is 24.3 Å². The maximum Gasteiger partial charge on any atom is 0.168 e. The Balaban J connectivity index is 1.67. The molecule has 0 saturated carbocycles. The number of carbonyl (C=O) groups is 1. The molecule has 0 amide bonds. The Morgan fingerprint density at radius 2 is 1.75 bits per heavy atom. The summed E-state index contributed by atoms with van der Waals surface area (Å²) in [6.45, 7) is 1.95. The molecule has 4 rings (SSSR count). The van der Waals surface area contributed by atoms with Crippen LogP contribution in [0.2, 0.25) is 0 Å². The van der Waals surface area contributed by atoms with Crippen LogP contribution in [0.4, 0.5) is 0 Å². The van der Waals surface area contributed by atoms with Gasteiger partial charge < -0.3 is 0 Å². The SMILES string of the molecule is O=C1c2ccccc2[C@@H]2[C@H]1CCN2Cc1ccccc1. The molecule has 2 nitrogen and oxygen atoms in total. The largest absolute Gasteiger partial charge is 0.294 e. The zero-order valence-electron chi connectivity index (χ0n) is 11.3. The first-order valence-corrected chi connectivity index (χ1v) is 7.26. The van der Waals surface area contributed by atoms with Crippen molar-refractivity contribution >= 4 is 5.78 Å². The van der Waals surface area contributed by atoms with E-state index in [-0.39, 0.29) is 5.92 Å². The molecule has 1 heterocycles. The van der Waals surface area contributed by atoms with Gasteiger partial charge in [-0.15, -0.1) is 0 Å². The van der Waals surface area contributed by atoms with E-state index in [2.05, 4.69) is 35.2 Å². The van der Waals surface area contributed by atoms with Gasteiger partial charge in [-0.05, 0) is 24.1 Å². The Bertz CT molecular complexity index is 649. The molecule has 20 heavy (non-hydrogen) atoms. The molecule has 0 bridgehead atoms. The number of benzene rings is 2. The van der Waals surface area contributed by atoms with Crippen LogP contribution in [0.3, 0.4) is 0 Å². The van der Waals surface area contributed by atoms with Crippen LogP contribution in [-0.4, -0.2) is 17.2 Å². The number of Topliss-reactive ketones (excluding diaryl/α,β-unsaturated/α-hetero) is 1. The zero-order valence-corrected chi connectivity index (χ0v) is 11.3. The molecule has 2 aromatic carbocycles. The van der Waals surface area contributed by atoms with E-state index in [4.69, 9.17) is 0 Å². The first-order valence-electron chi connectivity index (χ1n) is 7.26. The third kappa shape index (κ3) is 1.72. The van der Waals surface area contributed by atoms with Crippen LogP contribution < -0.4 is 0 Å². The maximum absolute atomic E-state index is 12.4. The van der Waals surface area contributed by atoms with Gasteiger partial charge >= 0.3 is 0 Å². The number of nitrogens with zero attached hydrogens (tertiary/aromatic N) is 1. The second-order valence-corrected chi connectivity index (χ2v) is 5.75. The van der Waals surface area contributed by atoms with Gasteiger partial charge in [0, 0.05) is 24.1 Å². The minimum absolute atomic E-state index is 0.177.